The monoisotopic (exact) mass is 406 g/mol. The first-order valence-electron chi connectivity index (χ1n) is 9.56. The van der Waals surface area contributed by atoms with E-state index in [0.717, 1.165) is 11.3 Å². The van der Waals surface area contributed by atoms with E-state index in [9.17, 15) is 4.79 Å². The molecule has 4 rings (SSSR count). The smallest absolute Gasteiger partial charge is 0.334 e. The summed E-state index contributed by atoms with van der Waals surface area (Å²) < 4.78 is 13.8. The molecule has 154 valence electrons. The Morgan fingerprint density at radius 2 is 2.13 bits per heavy atom. The highest BCUT2D eigenvalue weighted by Gasteiger charge is 2.19. The van der Waals surface area contributed by atoms with Gasteiger partial charge in [-0.25, -0.2) is 14.3 Å². The van der Waals surface area contributed by atoms with Crippen molar-refractivity contribution in [1.82, 2.24) is 19.1 Å². The van der Waals surface area contributed by atoms with Crippen LogP contribution in [0.4, 0.5) is 11.6 Å². The van der Waals surface area contributed by atoms with Crippen LogP contribution in [-0.2, 0) is 7.05 Å². The van der Waals surface area contributed by atoms with Crippen molar-refractivity contribution >= 4 is 28.5 Å². The number of allylic oxidation sites excluding steroid dienone is 1. The maximum Gasteiger partial charge on any atom is 0.334 e. The average molecular weight is 406 g/mol. The zero-order chi connectivity index (χ0) is 21.4. The van der Waals surface area contributed by atoms with E-state index in [1.807, 2.05) is 26.0 Å². The fourth-order valence-electron chi connectivity index (χ4n) is 3.48. The topological polar surface area (TPSA) is 107 Å². The lowest BCUT2D eigenvalue weighted by molar-refractivity contribution is 0.174. The first kappa shape index (κ1) is 19.5. The Morgan fingerprint density at radius 3 is 2.87 bits per heavy atom. The van der Waals surface area contributed by atoms with Crippen LogP contribution in [0.2, 0.25) is 0 Å². The first-order valence-corrected chi connectivity index (χ1v) is 9.56. The summed E-state index contributed by atoms with van der Waals surface area (Å²) in [5, 5.41) is 12.1. The molecule has 30 heavy (non-hydrogen) atoms. The van der Waals surface area contributed by atoms with Crippen LogP contribution in [0.5, 0.6) is 11.5 Å². The van der Waals surface area contributed by atoms with E-state index in [0.29, 0.717) is 47.1 Å². The van der Waals surface area contributed by atoms with Crippen LogP contribution in [0.15, 0.2) is 29.7 Å². The Balaban J connectivity index is 1.71. The van der Waals surface area contributed by atoms with E-state index in [2.05, 4.69) is 27.9 Å². The molecule has 3 heterocycles. The minimum Gasteiger partial charge on any atom is -0.454 e. The average Bonchev–Trinajstić information content (AvgIpc) is 3.24. The van der Waals surface area contributed by atoms with Gasteiger partial charge in [0.15, 0.2) is 17.1 Å². The predicted octanol–water partition coefficient (Wildman–Crippen LogP) is 3.32. The standard InChI is InChI=1S/C21H22N6O3/c1-12(5-6-22)7-14(3)27-19-16(26(4)21(27)28)10-23-20(25-19)24-15-9-18-17(8-13(15)2)29-11-30-18/h8-10,12H,3,5,7,11H2,1-2,4H3,(H,23,24,25). The van der Waals surface area contributed by atoms with Crippen molar-refractivity contribution in [1.29, 1.82) is 5.26 Å². The van der Waals surface area contributed by atoms with Gasteiger partial charge < -0.3 is 14.8 Å². The van der Waals surface area contributed by atoms with Crippen LogP contribution in [-0.4, -0.2) is 25.9 Å². The van der Waals surface area contributed by atoms with Gasteiger partial charge >= 0.3 is 5.69 Å². The number of hydrogen-bond donors (Lipinski definition) is 1. The molecule has 1 N–H and O–H groups in total. The van der Waals surface area contributed by atoms with Gasteiger partial charge in [0.05, 0.1) is 12.3 Å². The Morgan fingerprint density at radius 1 is 1.40 bits per heavy atom. The van der Waals surface area contributed by atoms with Crippen molar-refractivity contribution in [2.75, 3.05) is 12.1 Å². The fraction of sp³-hybridized carbons (Fsp3) is 0.333. The molecule has 0 aliphatic carbocycles. The molecule has 1 aliphatic heterocycles. The first-order chi connectivity index (χ1) is 14.4. The lowest BCUT2D eigenvalue weighted by Crippen LogP contribution is -2.22. The van der Waals surface area contributed by atoms with Crippen molar-refractivity contribution in [3.05, 3.63) is 41.0 Å². The Kier molecular flexibility index (Phi) is 4.91. The summed E-state index contributed by atoms with van der Waals surface area (Å²) >= 11 is 0. The molecule has 1 aromatic carbocycles. The zero-order valence-corrected chi connectivity index (χ0v) is 17.1. The van der Waals surface area contributed by atoms with Crippen LogP contribution in [0.25, 0.3) is 16.9 Å². The van der Waals surface area contributed by atoms with Crippen LogP contribution in [0, 0.1) is 24.2 Å². The quantitative estimate of drug-likeness (QED) is 0.669. The molecule has 9 nitrogen and oxygen atoms in total. The number of fused-ring (bicyclic) bond motifs is 2. The van der Waals surface area contributed by atoms with Crippen LogP contribution >= 0.6 is 0 Å². The number of nitriles is 1. The van der Waals surface area contributed by atoms with Crippen molar-refractivity contribution < 1.29 is 9.47 Å². The second-order valence-electron chi connectivity index (χ2n) is 7.46. The summed E-state index contributed by atoms with van der Waals surface area (Å²) in [7, 11) is 1.67. The minimum atomic E-state index is -0.245. The highest BCUT2D eigenvalue weighted by Crippen LogP contribution is 2.37. The Bertz CT molecular complexity index is 1250. The van der Waals surface area contributed by atoms with Gasteiger partial charge in [0.25, 0.3) is 0 Å². The number of nitrogens with zero attached hydrogens (tertiary/aromatic N) is 5. The number of hydrogen-bond acceptors (Lipinski definition) is 7. The maximum absolute atomic E-state index is 12.8. The highest BCUT2D eigenvalue weighted by molar-refractivity contribution is 5.77. The normalized spacial score (nSPS) is 13.3. The molecule has 1 unspecified atom stereocenters. The fourth-order valence-corrected chi connectivity index (χ4v) is 3.48. The second kappa shape index (κ2) is 7.55. The van der Waals surface area contributed by atoms with E-state index in [1.165, 1.54) is 9.13 Å². The third-order valence-corrected chi connectivity index (χ3v) is 5.11. The largest absolute Gasteiger partial charge is 0.454 e. The van der Waals surface area contributed by atoms with Gasteiger partial charge in [-0.15, -0.1) is 0 Å². The van der Waals surface area contributed by atoms with Gasteiger partial charge in [-0.3, -0.25) is 4.57 Å². The van der Waals surface area contributed by atoms with Crippen molar-refractivity contribution in [2.45, 2.75) is 26.7 Å². The molecule has 0 saturated heterocycles. The third-order valence-electron chi connectivity index (χ3n) is 5.11. The van der Waals surface area contributed by atoms with Crippen molar-refractivity contribution in [2.24, 2.45) is 13.0 Å². The predicted molar refractivity (Wildman–Crippen MR) is 113 cm³/mol. The lowest BCUT2D eigenvalue weighted by Gasteiger charge is -2.12. The molecular formula is C21H22N6O3. The molecule has 1 aliphatic rings. The van der Waals surface area contributed by atoms with E-state index in [1.54, 1.807) is 13.2 Å². The van der Waals surface area contributed by atoms with E-state index >= 15 is 0 Å². The number of benzene rings is 1. The number of aryl methyl sites for hydroxylation is 2. The van der Waals surface area contributed by atoms with Crippen molar-refractivity contribution in [3.63, 3.8) is 0 Å². The number of nitrogens with one attached hydrogen (secondary N) is 1. The Labute approximate surface area is 173 Å². The summed E-state index contributed by atoms with van der Waals surface area (Å²) in [6, 6.07) is 5.88. The number of anilines is 2. The van der Waals surface area contributed by atoms with E-state index < -0.39 is 0 Å². The molecular weight excluding hydrogens is 384 g/mol. The minimum absolute atomic E-state index is 0.0837. The van der Waals surface area contributed by atoms with Gasteiger partial charge in [-0.05, 0) is 30.9 Å². The zero-order valence-electron chi connectivity index (χ0n) is 17.1. The molecule has 0 fully saturated rings. The lowest BCUT2D eigenvalue weighted by atomic mass is 10.0. The summed E-state index contributed by atoms with van der Waals surface area (Å²) in [4.78, 5) is 21.7. The van der Waals surface area contributed by atoms with E-state index in [-0.39, 0.29) is 18.4 Å². The van der Waals surface area contributed by atoms with Crippen molar-refractivity contribution in [3.8, 4) is 17.6 Å². The number of rotatable bonds is 6. The molecule has 0 spiro atoms. The molecule has 0 amide bonds. The maximum atomic E-state index is 12.8. The van der Waals surface area contributed by atoms with Crippen LogP contribution < -0.4 is 20.5 Å². The van der Waals surface area contributed by atoms with Gasteiger partial charge in [-0.1, -0.05) is 13.5 Å². The van der Waals surface area contributed by atoms with Crippen LogP contribution in [0.1, 0.15) is 25.3 Å². The summed E-state index contributed by atoms with van der Waals surface area (Å²) in [6.45, 7) is 8.16. The molecule has 9 heteroatoms. The van der Waals surface area contributed by atoms with Gasteiger partial charge in [0.2, 0.25) is 12.7 Å². The SMILES string of the molecule is C=C(CC(C)CC#N)n1c(=O)n(C)c2cnc(Nc3cc4c(cc3C)OCO4)nc21. The molecule has 0 saturated carbocycles. The molecule has 1 atom stereocenters. The highest BCUT2D eigenvalue weighted by atomic mass is 16.7. The summed E-state index contributed by atoms with van der Waals surface area (Å²) in [5.41, 5.74) is 3.14. The molecule has 0 radical (unpaired) electrons. The summed E-state index contributed by atoms with van der Waals surface area (Å²) in [6.07, 6.45) is 2.52. The van der Waals surface area contributed by atoms with Crippen LogP contribution in [0.3, 0.4) is 0 Å². The molecule has 2 aromatic heterocycles. The Hall–Kier alpha value is -3.80. The number of imidazole rings is 1. The van der Waals surface area contributed by atoms with Gasteiger partial charge in [0.1, 0.15) is 5.52 Å². The molecule has 0 bridgehead atoms. The second-order valence-corrected chi connectivity index (χ2v) is 7.46. The van der Waals surface area contributed by atoms with Gasteiger partial charge in [0, 0.05) is 30.9 Å². The third kappa shape index (κ3) is 3.37. The van der Waals surface area contributed by atoms with Gasteiger partial charge in [-0.2, -0.15) is 10.2 Å². The number of ether oxygens (including phenoxy) is 2. The molecule has 3 aromatic rings. The summed E-state index contributed by atoms with van der Waals surface area (Å²) in [5.74, 6) is 1.79. The van der Waals surface area contributed by atoms with E-state index in [4.69, 9.17) is 14.7 Å². The number of aromatic nitrogens is 4.